The number of para-hydroxylation sites is 1. The van der Waals surface area contributed by atoms with Gasteiger partial charge in [-0.3, -0.25) is 72.0 Å². The molecule has 0 saturated carbocycles. The van der Waals surface area contributed by atoms with Crippen LogP contribution in [-0.4, -0.2) is 211 Å². The average Bonchev–Trinajstić information content (AvgIpc) is 1.70. The molecule has 31 heteroatoms. The van der Waals surface area contributed by atoms with Crippen LogP contribution in [0.5, 0.6) is 0 Å². The monoisotopic (exact) mass is 1360 g/mol. The predicted molar refractivity (Wildman–Crippen MR) is 348 cm³/mol. The van der Waals surface area contributed by atoms with Gasteiger partial charge in [-0.05, 0) is 60.8 Å². The van der Waals surface area contributed by atoms with E-state index in [1.54, 1.807) is 70.3 Å². The minimum absolute atomic E-state index is 0.0439. The summed E-state index contributed by atoms with van der Waals surface area (Å²) in [5.41, 5.74) is 1.86. The van der Waals surface area contributed by atoms with Crippen molar-refractivity contribution in [2.45, 2.75) is 158 Å². The zero-order chi connectivity index (χ0) is 69.5. The van der Waals surface area contributed by atoms with Gasteiger partial charge in [0.1, 0.15) is 24.2 Å². The van der Waals surface area contributed by atoms with Gasteiger partial charge in [-0.15, -0.1) is 11.8 Å². The molecule has 4 aliphatic rings. The molecule has 0 aliphatic carbocycles. The molecule has 5 heterocycles. The lowest BCUT2D eigenvalue weighted by Gasteiger charge is -2.32. The molecule has 3 aromatic rings. The molecule has 13 atom stereocenters. The first-order chi connectivity index (χ1) is 45.1. The van der Waals surface area contributed by atoms with Crippen LogP contribution in [0, 0.1) is 29.6 Å². The molecule has 2 saturated heterocycles. The summed E-state index contributed by atoms with van der Waals surface area (Å²) in [5, 5.41) is 56.5. The molecule has 2 bridgehead atoms. The van der Waals surface area contributed by atoms with E-state index in [0.29, 0.717) is 39.2 Å². The zero-order valence-corrected chi connectivity index (χ0v) is 55.7. The average molecular weight is 1360 g/mol. The fourth-order valence-electron chi connectivity index (χ4n) is 11.7. The number of hydrogen-bond acceptors (Lipinski definition) is 19. The fourth-order valence-corrected chi connectivity index (χ4v) is 13.5. The number of likely N-dealkylation sites (tertiary alicyclic amines) is 1. The molecule has 0 radical (unpaired) electrons. The molecule has 13 N–H and O–H groups in total. The number of imide groups is 1. The number of Topliss-reactive ketones (excluding diaryl/α,β-unsaturated/α-hetero) is 2. The van der Waals surface area contributed by atoms with Crippen molar-refractivity contribution in [1.82, 2.24) is 57.3 Å². The molecular weight excluding hydrogens is 1270 g/mol. The van der Waals surface area contributed by atoms with Crippen molar-refractivity contribution >= 4 is 123 Å². The number of benzene rings is 2. The normalized spacial score (nSPS) is 24.6. The molecule has 95 heavy (non-hydrogen) atoms. The van der Waals surface area contributed by atoms with E-state index >= 15 is 9.59 Å². The van der Waals surface area contributed by atoms with Gasteiger partial charge in [-0.1, -0.05) is 71.4 Å². The molecule has 1 aromatic heterocycles. The molecule has 2 aromatic carbocycles. The first-order valence-corrected chi connectivity index (χ1v) is 34.0. The molecule has 29 nitrogen and oxygen atoms in total. The summed E-state index contributed by atoms with van der Waals surface area (Å²) in [6.45, 7) is 6.72. The third-order valence-electron chi connectivity index (χ3n) is 17.7. The Bertz CT molecular complexity index is 3400. The lowest BCUT2D eigenvalue weighted by Crippen LogP contribution is -2.56. The maximum atomic E-state index is 15.1. The van der Waals surface area contributed by atoms with Crippen LogP contribution in [0.4, 0.5) is 5.69 Å². The third kappa shape index (κ3) is 19.5. The highest BCUT2D eigenvalue weighted by atomic mass is 32.2. The molecular formula is C64H86N12O17S2. The SMILES string of the molecule is CCC(C)C1NC(=O)CNC(=O)C2CC(=O)C(C(C)C(O)CO)NC(=O)C3CC(O)CN3C(=O)C(CC(=O)NCc3ccc(NC(=O)[C@H](C)NC(=O)C(NC(=O)CCN4C(=O)CC(SC)C4=O)C(C)C)cc3)CC(=O)C(CSc3[nH]c4ccccc4c3C2)NC(=O)CNC1=O. The largest absolute Gasteiger partial charge is 0.394 e. The van der Waals surface area contributed by atoms with E-state index in [9.17, 15) is 72.9 Å². The maximum Gasteiger partial charge on any atom is 0.246 e. The first kappa shape index (κ1) is 74.1. The van der Waals surface area contributed by atoms with Gasteiger partial charge >= 0.3 is 0 Å². The number of ketones is 2. The Kier molecular flexibility index (Phi) is 26.5. The number of H-pyrrole nitrogens is 1. The van der Waals surface area contributed by atoms with E-state index in [1.165, 1.54) is 37.7 Å². The van der Waals surface area contributed by atoms with E-state index in [4.69, 9.17) is 0 Å². The van der Waals surface area contributed by atoms with Crippen molar-refractivity contribution < 1.29 is 82.4 Å². The smallest absolute Gasteiger partial charge is 0.246 e. The van der Waals surface area contributed by atoms with Crippen molar-refractivity contribution in [3.63, 3.8) is 0 Å². The van der Waals surface area contributed by atoms with E-state index in [-0.39, 0.29) is 56.3 Å². The van der Waals surface area contributed by atoms with Crippen LogP contribution in [0.3, 0.4) is 0 Å². The number of anilines is 1. The van der Waals surface area contributed by atoms with Crippen LogP contribution in [-0.2, 0) is 80.1 Å². The van der Waals surface area contributed by atoms with Gasteiger partial charge in [-0.2, -0.15) is 11.8 Å². The summed E-state index contributed by atoms with van der Waals surface area (Å²) in [7, 11) is 0. The summed E-state index contributed by atoms with van der Waals surface area (Å²) in [6, 6.07) is 5.19. The van der Waals surface area contributed by atoms with Crippen molar-refractivity contribution in [2.75, 3.05) is 50.1 Å². The summed E-state index contributed by atoms with van der Waals surface area (Å²) in [6.07, 6.45) is -3.64. The number of aliphatic hydroxyl groups is 3. The second kappa shape index (κ2) is 33.9. The number of aliphatic hydroxyl groups excluding tert-OH is 3. The number of rotatable bonds is 19. The number of aromatic nitrogens is 1. The molecule has 2 fully saturated rings. The second-order valence-electron chi connectivity index (χ2n) is 25.0. The van der Waals surface area contributed by atoms with E-state index in [1.807, 2.05) is 0 Å². The topological polar surface area (TPSA) is 430 Å². The Morgan fingerprint density at radius 2 is 1.44 bits per heavy atom. The summed E-state index contributed by atoms with van der Waals surface area (Å²) >= 11 is 2.31. The van der Waals surface area contributed by atoms with Gasteiger partial charge in [0.15, 0.2) is 11.6 Å². The Hall–Kier alpha value is -8.26. The minimum Gasteiger partial charge on any atom is -0.394 e. The number of carbonyl (C=O) groups is 14. The fraction of sp³-hybridized carbons (Fsp3) is 0.562. The number of thioether (sulfide) groups is 2. The van der Waals surface area contributed by atoms with Crippen molar-refractivity contribution in [2.24, 2.45) is 29.6 Å². The van der Waals surface area contributed by atoms with Gasteiger partial charge in [0.2, 0.25) is 70.9 Å². The summed E-state index contributed by atoms with van der Waals surface area (Å²) in [5.74, 6) is -15.3. The minimum atomic E-state index is -1.63. The van der Waals surface area contributed by atoms with Gasteiger partial charge in [0, 0.05) is 92.3 Å². The van der Waals surface area contributed by atoms with Crippen molar-refractivity contribution in [1.29, 1.82) is 0 Å². The highest BCUT2D eigenvalue weighted by Crippen LogP contribution is 2.35. The van der Waals surface area contributed by atoms with Crippen LogP contribution >= 0.6 is 23.5 Å². The Morgan fingerprint density at radius 3 is 2.11 bits per heavy atom. The molecule has 4 aliphatic heterocycles. The van der Waals surface area contributed by atoms with Crippen LogP contribution in [0.15, 0.2) is 53.6 Å². The molecule has 12 amide bonds. The van der Waals surface area contributed by atoms with Crippen LogP contribution in [0.25, 0.3) is 10.9 Å². The number of amides is 12. The van der Waals surface area contributed by atoms with Gasteiger partial charge in [0.25, 0.3) is 0 Å². The number of hydrogen-bond donors (Lipinski definition) is 13. The molecule has 0 spiro atoms. The third-order valence-corrected chi connectivity index (χ3v) is 19.7. The number of fused-ring (bicyclic) bond motifs is 5. The Morgan fingerprint density at radius 1 is 0.758 bits per heavy atom. The van der Waals surface area contributed by atoms with Gasteiger partial charge in [-0.25, -0.2) is 0 Å². The highest BCUT2D eigenvalue weighted by Gasteiger charge is 2.46. The highest BCUT2D eigenvalue weighted by molar-refractivity contribution is 8.00. The van der Waals surface area contributed by atoms with Gasteiger partial charge < -0.3 is 73.1 Å². The van der Waals surface area contributed by atoms with E-state index in [2.05, 4.69) is 52.8 Å². The number of nitrogens with one attached hydrogen (secondary N) is 10. The predicted octanol–water partition coefficient (Wildman–Crippen LogP) is -1.16. The van der Waals surface area contributed by atoms with E-state index in [0.717, 1.165) is 21.6 Å². The molecule has 516 valence electrons. The standard InChI is InChI=1S/C64H86N12O17S2/c1-8-32(4)55-60(90)67-26-51(84)70-43-30-95-62-41(40-11-9-10-12-42(40)71-62)19-36(58(88)66-27-52(85)73-55)20-46(80)56(33(5)47(81)29-77)74-59(89)44-23-39(78)28-76(44)63(92)37(21-45(43)79)22-50(83)65-25-35-13-15-38(16-14-35)69-57(87)34(6)68-61(91)54(31(2)3)72-49(82)17-18-75-53(86)24-48(94-7)64(75)93/h9-16,31-34,36-37,39,43-44,47-48,54-56,71,77-78,81H,8,17-30H2,1-7H3,(H,65,83)(H,66,88)(H,67,90)(H,68,91)(H,69,87)(H,70,84)(H,72,82)(H,73,85)(H,74,89)/t32?,33?,34-,36?,37?,39?,43?,44?,47?,48?,54?,55?,56?/m0/s1. The lowest BCUT2D eigenvalue weighted by molar-refractivity contribution is -0.145. The second-order valence-corrected chi connectivity index (χ2v) is 27.0. The first-order valence-electron chi connectivity index (χ1n) is 31.7. The van der Waals surface area contributed by atoms with Crippen molar-refractivity contribution in [3.05, 3.63) is 59.7 Å². The quantitative estimate of drug-likeness (QED) is 0.0629. The number of aromatic amines is 1. The summed E-state index contributed by atoms with van der Waals surface area (Å²) in [4.78, 5) is 200. The van der Waals surface area contributed by atoms with E-state index < -0.39 is 199 Å². The summed E-state index contributed by atoms with van der Waals surface area (Å²) < 4.78 is 0. The molecule has 12 unspecified atom stereocenters. The zero-order valence-electron chi connectivity index (χ0n) is 54.1. The van der Waals surface area contributed by atoms with Gasteiger partial charge in [0.05, 0.1) is 60.2 Å². The van der Waals surface area contributed by atoms with Crippen LogP contribution < -0.4 is 47.9 Å². The number of carbonyl (C=O) groups excluding carboxylic acids is 14. The van der Waals surface area contributed by atoms with Crippen LogP contribution in [0.2, 0.25) is 0 Å². The number of nitrogens with zero attached hydrogens (tertiary/aromatic N) is 2. The lowest BCUT2D eigenvalue weighted by atomic mass is 9.85. The Labute approximate surface area is 557 Å². The van der Waals surface area contributed by atoms with Crippen LogP contribution in [0.1, 0.15) is 97.6 Å². The Balaban J connectivity index is 1.13. The maximum absolute atomic E-state index is 15.1. The van der Waals surface area contributed by atoms with Crippen molar-refractivity contribution in [3.8, 4) is 0 Å². The molecule has 7 rings (SSSR count).